The fourth-order valence-electron chi connectivity index (χ4n) is 3.72. The van der Waals surface area contributed by atoms with Gasteiger partial charge in [0.15, 0.2) is 0 Å². The highest BCUT2D eigenvalue weighted by Crippen LogP contribution is 2.42. The van der Waals surface area contributed by atoms with E-state index in [1.807, 2.05) is 0 Å². The Morgan fingerprint density at radius 3 is 2.52 bits per heavy atom. The van der Waals surface area contributed by atoms with Crippen LogP contribution in [0.1, 0.15) is 37.3 Å². The van der Waals surface area contributed by atoms with Crippen LogP contribution >= 0.6 is 24.0 Å². The smallest absolute Gasteiger partial charge is 0.123 e. The van der Waals surface area contributed by atoms with Crippen molar-refractivity contribution in [3.8, 4) is 0 Å². The molecular formula is C16H23Cl2FN2. The van der Waals surface area contributed by atoms with E-state index in [0.717, 1.165) is 31.7 Å². The first kappa shape index (κ1) is 17.0. The predicted molar refractivity (Wildman–Crippen MR) is 87.8 cm³/mol. The molecule has 2 nitrogen and oxygen atoms in total. The van der Waals surface area contributed by atoms with Gasteiger partial charge < -0.3 is 5.32 Å². The lowest BCUT2D eigenvalue weighted by Gasteiger charge is -2.39. The van der Waals surface area contributed by atoms with Crippen molar-refractivity contribution in [2.75, 3.05) is 26.2 Å². The summed E-state index contributed by atoms with van der Waals surface area (Å²) in [7, 11) is 0. The summed E-state index contributed by atoms with van der Waals surface area (Å²) in [6.07, 6.45) is 5.06. The van der Waals surface area contributed by atoms with Crippen LogP contribution in [-0.4, -0.2) is 31.1 Å². The molecule has 0 amide bonds. The third-order valence-corrected chi connectivity index (χ3v) is 5.01. The maximum atomic E-state index is 13.7. The maximum absolute atomic E-state index is 13.7. The van der Waals surface area contributed by atoms with Gasteiger partial charge in [0.05, 0.1) is 0 Å². The van der Waals surface area contributed by atoms with Gasteiger partial charge in [0, 0.05) is 37.2 Å². The fraction of sp³-hybridized carbons (Fsp3) is 0.625. The highest BCUT2D eigenvalue weighted by molar-refractivity contribution is 6.31. The summed E-state index contributed by atoms with van der Waals surface area (Å²) in [5.41, 5.74) is 0.987. The normalized spacial score (nSPS) is 22.0. The second-order valence-electron chi connectivity index (χ2n) is 5.94. The average molecular weight is 333 g/mol. The van der Waals surface area contributed by atoms with Crippen molar-refractivity contribution < 1.29 is 4.39 Å². The van der Waals surface area contributed by atoms with Gasteiger partial charge in [-0.15, -0.1) is 12.4 Å². The van der Waals surface area contributed by atoms with Crippen LogP contribution in [0.15, 0.2) is 18.2 Å². The van der Waals surface area contributed by atoms with E-state index >= 15 is 0 Å². The summed E-state index contributed by atoms with van der Waals surface area (Å²) in [6, 6.07) is 5.08. The molecule has 3 rings (SSSR count). The second kappa shape index (κ2) is 7.77. The summed E-state index contributed by atoms with van der Waals surface area (Å²) in [5.74, 6) is 0.440. The van der Waals surface area contributed by atoms with Crippen LogP contribution < -0.4 is 5.32 Å². The molecule has 2 fully saturated rings. The van der Waals surface area contributed by atoms with E-state index in [4.69, 9.17) is 11.6 Å². The van der Waals surface area contributed by atoms with Gasteiger partial charge in [0.2, 0.25) is 0 Å². The van der Waals surface area contributed by atoms with Crippen molar-refractivity contribution in [3.05, 3.63) is 34.6 Å². The van der Waals surface area contributed by atoms with Gasteiger partial charge in [-0.2, -0.15) is 0 Å². The maximum Gasteiger partial charge on any atom is 0.123 e. The van der Waals surface area contributed by atoms with Gasteiger partial charge >= 0.3 is 0 Å². The van der Waals surface area contributed by atoms with Crippen LogP contribution in [0.4, 0.5) is 4.39 Å². The van der Waals surface area contributed by atoms with Gasteiger partial charge in [-0.1, -0.05) is 24.4 Å². The van der Waals surface area contributed by atoms with Crippen molar-refractivity contribution in [1.82, 2.24) is 10.2 Å². The third-order valence-electron chi connectivity index (χ3n) is 4.67. The molecule has 1 aliphatic heterocycles. The molecule has 1 aromatic rings. The molecule has 1 aliphatic carbocycles. The Labute approximate surface area is 137 Å². The zero-order chi connectivity index (χ0) is 13.9. The number of rotatable bonds is 3. The van der Waals surface area contributed by atoms with Gasteiger partial charge in [-0.05, 0) is 42.5 Å². The molecule has 0 spiro atoms. The number of hydrogen-bond acceptors (Lipinski definition) is 2. The zero-order valence-corrected chi connectivity index (χ0v) is 13.7. The van der Waals surface area contributed by atoms with Gasteiger partial charge in [-0.3, -0.25) is 4.90 Å². The van der Waals surface area contributed by atoms with Crippen LogP contribution in [0.5, 0.6) is 0 Å². The molecule has 0 unspecified atom stereocenters. The van der Waals surface area contributed by atoms with Crippen molar-refractivity contribution in [3.63, 3.8) is 0 Å². The van der Waals surface area contributed by atoms with E-state index in [0.29, 0.717) is 10.9 Å². The Hall–Kier alpha value is -0.350. The highest BCUT2D eigenvalue weighted by Gasteiger charge is 2.33. The van der Waals surface area contributed by atoms with E-state index in [1.54, 1.807) is 12.1 Å². The zero-order valence-electron chi connectivity index (χ0n) is 12.2. The summed E-state index contributed by atoms with van der Waals surface area (Å²) in [5, 5.41) is 4.10. The Kier molecular flexibility index (Phi) is 6.30. The monoisotopic (exact) mass is 332 g/mol. The quantitative estimate of drug-likeness (QED) is 0.898. The van der Waals surface area contributed by atoms with E-state index < -0.39 is 0 Å². The predicted octanol–water partition coefficient (Wildman–Crippen LogP) is 4.04. The first-order valence-electron chi connectivity index (χ1n) is 7.65. The van der Waals surface area contributed by atoms with Crippen LogP contribution in [0, 0.1) is 11.7 Å². The highest BCUT2D eigenvalue weighted by atomic mass is 35.5. The topological polar surface area (TPSA) is 15.3 Å². The minimum Gasteiger partial charge on any atom is -0.314 e. The summed E-state index contributed by atoms with van der Waals surface area (Å²) in [6.45, 7) is 4.06. The lowest BCUT2D eigenvalue weighted by atomic mass is 9.89. The number of benzene rings is 1. The van der Waals surface area contributed by atoms with Crippen molar-refractivity contribution >= 4 is 24.0 Å². The van der Waals surface area contributed by atoms with E-state index in [2.05, 4.69) is 10.2 Å². The van der Waals surface area contributed by atoms with E-state index in [9.17, 15) is 4.39 Å². The molecule has 5 heteroatoms. The largest absolute Gasteiger partial charge is 0.314 e. The number of halogens is 3. The number of nitrogens with zero attached hydrogens (tertiary/aromatic N) is 1. The van der Waals surface area contributed by atoms with Crippen LogP contribution in [0.3, 0.4) is 0 Å². The third kappa shape index (κ3) is 3.89. The minimum absolute atomic E-state index is 0. The SMILES string of the molecule is Cl.Fc1ccc(Cl)c([C@@H](C2CCCC2)N2CCNCC2)c1. The Balaban J connectivity index is 0.00000161. The molecule has 1 saturated carbocycles. The molecular weight excluding hydrogens is 310 g/mol. The fourth-order valence-corrected chi connectivity index (χ4v) is 3.95. The lowest BCUT2D eigenvalue weighted by Crippen LogP contribution is -2.46. The molecule has 2 aliphatic rings. The molecule has 1 saturated heterocycles. The van der Waals surface area contributed by atoms with Gasteiger partial charge in [-0.25, -0.2) is 4.39 Å². The van der Waals surface area contributed by atoms with Gasteiger partial charge in [0.25, 0.3) is 0 Å². The van der Waals surface area contributed by atoms with Gasteiger partial charge in [0.1, 0.15) is 5.82 Å². The van der Waals surface area contributed by atoms with Crippen molar-refractivity contribution in [2.45, 2.75) is 31.7 Å². The summed E-state index contributed by atoms with van der Waals surface area (Å²) >= 11 is 6.38. The Morgan fingerprint density at radius 2 is 1.86 bits per heavy atom. The molecule has 118 valence electrons. The molecule has 21 heavy (non-hydrogen) atoms. The number of nitrogens with one attached hydrogen (secondary N) is 1. The lowest BCUT2D eigenvalue weighted by molar-refractivity contribution is 0.125. The van der Waals surface area contributed by atoms with E-state index in [-0.39, 0.29) is 24.3 Å². The minimum atomic E-state index is -0.178. The summed E-state index contributed by atoms with van der Waals surface area (Å²) in [4.78, 5) is 2.49. The van der Waals surface area contributed by atoms with Crippen molar-refractivity contribution in [1.29, 1.82) is 0 Å². The number of hydrogen-bond donors (Lipinski definition) is 1. The molecule has 1 heterocycles. The first-order chi connectivity index (χ1) is 9.75. The standard InChI is InChI=1S/C16H22ClFN2.ClH/c17-15-6-5-13(18)11-14(15)16(12-3-1-2-4-12)20-9-7-19-8-10-20;/h5-6,11-12,16,19H,1-4,7-10H2;1H/t16-;/m1./s1. The Morgan fingerprint density at radius 1 is 1.19 bits per heavy atom. The number of piperazine rings is 1. The first-order valence-corrected chi connectivity index (χ1v) is 8.03. The molecule has 1 N–H and O–H groups in total. The van der Waals surface area contributed by atoms with E-state index in [1.165, 1.54) is 31.7 Å². The van der Waals surface area contributed by atoms with Crippen LogP contribution in [0.25, 0.3) is 0 Å². The second-order valence-corrected chi connectivity index (χ2v) is 6.35. The molecule has 0 bridgehead atoms. The average Bonchev–Trinajstić information content (AvgIpc) is 2.98. The molecule has 1 atom stereocenters. The molecule has 0 aromatic heterocycles. The molecule has 1 aromatic carbocycles. The van der Waals surface area contributed by atoms with Crippen molar-refractivity contribution in [2.24, 2.45) is 5.92 Å². The Bertz CT molecular complexity index is 458. The van der Waals surface area contributed by atoms with Crippen LogP contribution in [-0.2, 0) is 0 Å². The molecule has 0 radical (unpaired) electrons. The summed E-state index contributed by atoms with van der Waals surface area (Å²) < 4.78 is 13.7. The van der Waals surface area contributed by atoms with Crippen LogP contribution in [0.2, 0.25) is 5.02 Å².